The van der Waals surface area contributed by atoms with Gasteiger partial charge in [-0.25, -0.2) is 0 Å². The smallest absolute Gasteiger partial charge is 0.273 e. The Kier molecular flexibility index (Phi) is 2.49. The molecule has 0 saturated carbocycles. The number of hydrogen-bond donors (Lipinski definition) is 1. The summed E-state index contributed by atoms with van der Waals surface area (Å²) in [7, 11) is 0. The fraction of sp³-hybridized carbons (Fsp3) is 0.0909. The third kappa shape index (κ3) is 2.04. The predicted octanol–water partition coefficient (Wildman–Crippen LogP) is 0.874. The molecule has 2 rings (SSSR count). The van der Waals surface area contributed by atoms with E-state index < -0.39 is 0 Å². The molecule has 0 aliphatic rings. The van der Waals surface area contributed by atoms with Gasteiger partial charge in [0.15, 0.2) is 0 Å². The quantitative estimate of drug-likeness (QED) is 0.784. The van der Waals surface area contributed by atoms with Gasteiger partial charge in [-0.3, -0.25) is 9.78 Å². The molecular formula is C11H11N3O. The molecule has 0 aliphatic carbocycles. The van der Waals surface area contributed by atoms with Crippen LogP contribution in [-0.2, 0) is 6.54 Å². The highest BCUT2D eigenvalue weighted by Gasteiger charge is 1.99. The van der Waals surface area contributed by atoms with Crippen molar-refractivity contribution in [3.8, 4) is 0 Å². The molecule has 0 amide bonds. The lowest BCUT2D eigenvalue weighted by Gasteiger charge is -2.05. The van der Waals surface area contributed by atoms with Crippen molar-refractivity contribution in [3.05, 3.63) is 58.8 Å². The molecule has 2 heterocycles. The first-order chi connectivity index (χ1) is 7.27. The second kappa shape index (κ2) is 3.96. The van der Waals surface area contributed by atoms with Crippen LogP contribution >= 0.6 is 0 Å². The Hall–Kier alpha value is -2.10. The molecule has 2 N–H and O–H groups in total. The van der Waals surface area contributed by atoms with E-state index in [0.717, 1.165) is 5.56 Å². The fourth-order valence-corrected chi connectivity index (χ4v) is 1.36. The lowest BCUT2D eigenvalue weighted by atomic mass is 10.2. The van der Waals surface area contributed by atoms with E-state index in [9.17, 15) is 4.79 Å². The Bertz CT molecular complexity index is 505. The van der Waals surface area contributed by atoms with Crippen LogP contribution in [0.5, 0.6) is 0 Å². The van der Waals surface area contributed by atoms with Crippen LogP contribution < -0.4 is 11.3 Å². The Morgan fingerprint density at radius 3 is 2.73 bits per heavy atom. The van der Waals surface area contributed by atoms with Gasteiger partial charge in [0.1, 0.15) is 0 Å². The van der Waals surface area contributed by atoms with Crippen molar-refractivity contribution in [2.24, 2.45) is 0 Å². The highest BCUT2D eigenvalue weighted by Crippen LogP contribution is 2.00. The van der Waals surface area contributed by atoms with E-state index in [0.29, 0.717) is 6.54 Å². The monoisotopic (exact) mass is 201 g/mol. The molecular weight excluding hydrogens is 190 g/mol. The van der Waals surface area contributed by atoms with Gasteiger partial charge in [-0.1, -0.05) is 0 Å². The van der Waals surface area contributed by atoms with E-state index in [1.54, 1.807) is 35.3 Å². The van der Waals surface area contributed by atoms with Gasteiger partial charge in [0.05, 0.1) is 12.2 Å². The number of aromatic nitrogens is 2. The van der Waals surface area contributed by atoms with Crippen molar-refractivity contribution in [2.45, 2.75) is 6.54 Å². The largest absolute Gasteiger partial charge is 0.394 e. The third-order valence-electron chi connectivity index (χ3n) is 2.15. The van der Waals surface area contributed by atoms with E-state index in [4.69, 9.17) is 5.73 Å². The number of rotatable bonds is 2. The van der Waals surface area contributed by atoms with Gasteiger partial charge in [-0.2, -0.15) is 0 Å². The van der Waals surface area contributed by atoms with Crippen molar-refractivity contribution in [3.63, 3.8) is 0 Å². The van der Waals surface area contributed by atoms with Crippen LogP contribution in [0.1, 0.15) is 5.56 Å². The number of hydrogen-bond acceptors (Lipinski definition) is 3. The first-order valence-electron chi connectivity index (χ1n) is 4.61. The number of nitrogens with zero attached hydrogens (tertiary/aromatic N) is 2. The topological polar surface area (TPSA) is 60.9 Å². The zero-order valence-electron chi connectivity index (χ0n) is 8.13. The van der Waals surface area contributed by atoms with Gasteiger partial charge in [0, 0.05) is 18.6 Å². The van der Waals surface area contributed by atoms with Crippen molar-refractivity contribution < 1.29 is 0 Å². The van der Waals surface area contributed by atoms with Gasteiger partial charge in [-0.15, -0.1) is 0 Å². The van der Waals surface area contributed by atoms with Crippen LogP contribution in [0.15, 0.2) is 47.7 Å². The maximum atomic E-state index is 11.6. The van der Waals surface area contributed by atoms with E-state index in [2.05, 4.69) is 4.98 Å². The SMILES string of the molecule is Nc1cccn(Cc2ccncc2)c1=O. The van der Waals surface area contributed by atoms with Gasteiger partial charge in [0.2, 0.25) is 0 Å². The molecule has 2 aromatic heterocycles. The summed E-state index contributed by atoms with van der Waals surface area (Å²) < 4.78 is 1.57. The summed E-state index contributed by atoms with van der Waals surface area (Å²) in [5.74, 6) is 0. The average molecular weight is 201 g/mol. The molecule has 0 atom stereocenters. The number of anilines is 1. The molecule has 0 aliphatic heterocycles. The second-order valence-electron chi connectivity index (χ2n) is 3.25. The molecule has 0 aromatic carbocycles. The molecule has 0 unspecified atom stereocenters. The Morgan fingerprint density at radius 1 is 1.27 bits per heavy atom. The normalized spacial score (nSPS) is 10.1. The Labute approximate surface area is 87.0 Å². The Morgan fingerprint density at radius 2 is 2.00 bits per heavy atom. The van der Waals surface area contributed by atoms with Crippen LogP contribution in [0.3, 0.4) is 0 Å². The summed E-state index contributed by atoms with van der Waals surface area (Å²) in [5, 5.41) is 0. The maximum absolute atomic E-state index is 11.6. The zero-order valence-corrected chi connectivity index (χ0v) is 8.13. The molecule has 2 aromatic rings. The van der Waals surface area contributed by atoms with Crippen molar-refractivity contribution in [1.29, 1.82) is 0 Å². The lowest BCUT2D eigenvalue weighted by molar-refractivity contribution is 0.761. The van der Waals surface area contributed by atoms with E-state index >= 15 is 0 Å². The molecule has 0 bridgehead atoms. The molecule has 76 valence electrons. The lowest BCUT2D eigenvalue weighted by Crippen LogP contribution is -2.22. The number of nitrogens with two attached hydrogens (primary N) is 1. The highest BCUT2D eigenvalue weighted by molar-refractivity contribution is 5.33. The summed E-state index contributed by atoms with van der Waals surface area (Å²) in [5.41, 5.74) is 6.67. The first kappa shape index (κ1) is 9.45. The van der Waals surface area contributed by atoms with Crippen molar-refractivity contribution in [2.75, 3.05) is 5.73 Å². The summed E-state index contributed by atoms with van der Waals surface area (Å²) in [6.07, 6.45) is 5.12. The molecule has 4 nitrogen and oxygen atoms in total. The van der Waals surface area contributed by atoms with Crippen molar-refractivity contribution in [1.82, 2.24) is 9.55 Å². The van der Waals surface area contributed by atoms with Gasteiger partial charge in [0.25, 0.3) is 5.56 Å². The Balaban J connectivity index is 2.33. The minimum atomic E-state index is -0.158. The summed E-state index contributed by atoms with van der Waals surface area (Å²) in [6, 6.07) is 7.11. The van der Waals surface area contributed by atoms with Crippen molar-refractivity contribution >= 4 is 5.69 Å². The molecule has 0 fully saturated rings. The van der Waals surface area contributed by atoms with Crippen LogP contribution in [0.2, 0.25) is 0 Å². The standard InChI is InChI=1S/C11H11N3O/c12-10-2-1-7-14(11(10)15)8-9-3-5-13-6-4-9/h1-7H,8,12H2. The first-order valence-corrected chi connectivity index (χ1v) is 4.61. The molecule has 0 saturated heterocycles. The van der Waals surface area contributed by atoms with Crippen LogP contribution in [0.25, 0.3) is 0 Å². The second-order valence-corrected chi connectivity index (χ2v) is 3.25. The van der Waals surface area contributed by atoms with E-state index in [-0.39, 0.29) is 11.2 Å². The van der Waals surface area contributed by atoms with Crippen LogP contribution in [0, 0.1) is 0 Å². The summed E-state index contributed by atoms with van der Waals surface area (Å²) >= 11 is 0. The van der Waals surface area contributed by atoms with E-state index in [1.165, 1.54) is 0 Å². The summed E-state index contributed by atoms with van der Waals surface area (Å²) in [4.78, 5) is 15.5. The fourth-order valence-electron chi connectivity index (χ4n) is 1.36. The zero-order chi connectivity index (χ0) is 10.7. The third-order valence-corrected chi connectivity index (χ3v) is 2.15. The number of pyridine rings is 2. The van der Waals surface area contributed by atoms with E-state index in [1.807, 2.05) is 12.1 Å². The maximum Gasteiger partial charge on any atom is 0.273 e. The molecule has 0 radical (unpaired) electrons. The number of nitrogen functional groups attached to an aromatic ring is 1. The summed E-state index contributed by atoms with van der Waals surface area (Å²) in [6.45, 7) is 0.520. The van der Waals surface area contributed by atoms with Gasteiger partial charge < -0.3 is 10.3 Å². The average Bonchev–Trinajstić information content (AvgIpc) is 2.26. The molecule has 15 heavy (non-hydrogen) atoms. The molecule has 4 heteroatoms. The van der Waals surface area contributed by atoms with Crippen LogP contribution in [-0.4, -0.2) is 9.55 Å². The van der Waals surface area contributed by atoms with Gasteiger partial charge >= 0.3 is 0 Å². The van der Waals surface area contributed by atoms with Gasteiger partial charge in [-0.05, 0) is 29.8 Å². The highest BCUT2D eigenvalue weighted by atomic mass is 16.1. The molecule has 0 spiro atoms. The minimum absolute atomic E-state index is 0.158. The minimum Gasteiger partial charge on any atom is -0.394 e. The predicted molar refractivity (Wildman–Crippen MR) is 58.5 cm³/mol. The van der Waals surface area contributed by atoms with Crippen LogP contribution in [0.4, 0.5) is 5.69 Å².